The monoisotopic (exact) mass is 391 g/mol. The Morgan fingerprint density at radius 3 is 2.48 bits per heavy atom. The van der Waals surface area contributed by atoms with Gasteiger partial charge in [-0.25, -0.2) is 14.6 Å². The third-order valence-electron chi connectivity index (χ3n) is 4.98. The first-order valence-electron chi connectivity index (χ1n) is 9.81. The number of carbonyl (C=O) groups excluding carboxylic acids is 1. The Hall–Kier alpha value is -3.26. The molecule has 0 unspecified atom stereocenters. The van der Waals surface area contributed by atoms with Crippen LogP contribution >= 0.6 is 0 Å². The molecule has 1 N–H and O–H groups in total. The molecule has 1 aromatic carbocycles. The summed E-state index contributed by atoms with van der Waals surface area (Å²) in [5.41, 5.74) is 2.91. The molecule has 3 heterocycles. The van der Waals surface area contributed by atoms with Crippen molar-refractivity contribution < 1.29 is 4.79 Å². The molecule has 0 aliphatic carbocycles. The van der Waals surface area contributed by atoms with Gasteiger partial charge in [-0.3, -0.25) is 9.69 Å². The number of hydrogen-bond acceptors (Lipinski definition) is 6. The molecule has 150 valence electrons. The Morgan fingerprint density at radius 2 is 1.76 bits per heavy atom. The summed E-state index contributed by atoms with van der Waals surface area (Å²) < 4.78 is 1.90. The molecule has 4 rings (SSSR count). The minimum absolute atomic E-state index is 0.0151. The summed E-state index contributed by atoms with van der Waals surface area (Å²) in [6.07, 6.45) is 3.51. The van der Waals surface area contributed by atoms with Crippen LogP contribution in [0.5, 0.6) is 0 Å². The second-order valence-electron chi connectivity index (χ2n) is 7.11. The summed E-state index contributed by atoms with van der Waals surface area (Å²) in [5.74, 6) is 0.766. The molecule has 2 aromatic heterocycles. The lowest BCUT2D eigenvalue weighted by atomic mass is 10.3. The van der Waals surface area contributed by atoms with Crippen LogP contribution in [0.3, 0.4) is 0 Å². The number of carbonyl (C=O) groups is 1. The van der Waals surface area contributed by atoms with E-state index in [0.717, 1.165) is 49.2 Å². The first-order chi connectivity index (χ1) is 14.2. The average molecular weight is 391 g/mol. The van der Waals surface area contributed by atoms with E-state index in [9.17, 15) is 4.79 Å². The summed E-state index contributed by atoms with van der Waals surface area (Å²) in [7, 11) is 0. The zero-order chi connectivity index (χ0) is 20.1. The molecule has 29 heavy (non-hydrogen) atoms. The fourth-order valence-corrected chi connectivity index (χ4v) is 3.46. The first-order valence-corrected chi connectivity index (χ1v) is 9.81. The maximum atomic E-state index is 12.4. The summed E-state index contributed by atoms with van der Waals surface area (Å²) in [6, 6.07) is 13.8. The molecule has 0 radical (unpaired) electrons. The number of hydrogen-bond donors (Lipinski definition) is 1. The zero-order valence-corrected chi connectivity index (χ0v) is 16.5. The highest BCUT2D eigenvalue weighted by molar-refractivity contribution is 5.78. The lowest BCUT2D eigenvalue weighted by Gasteiger charge is -2.34. The van der Waals surface area contributed by atoms with Crippen molar-refractivity contribution >= 4 is 11.9 Å². The molecule has 3 aromatic rings. The van der Waals surface area contributed by atoms with Gasteiger partial charge in [0.2, 0.25) is 11.9 Å². The van der Waals surface area contributed by atoms with Gasteiger partial charge in [-0.1, -0.05) is 18.2 Å². The van der Waals surface area contributed by atoms with Crippen LogP contribution in [0.15, 0.2) is 54.9 Å². The van der Waals surface area contributed by atoms with Crippen LogP contribution < -0.4 is 10.2 Å². The van der Waals surface area contributed by atoms with Gasteiger partial charge < -0.3 is 10.2 Å². The minimum Gasteiger partial charge on any atom is -0.349 e. The number of amides is 1. The lowest BCUT2D eigenvalue weighted by Crippen LogP contribution is -2.49. The van der Waals surface area contributed by atoms with Gasteiger partial charge in [0.1, 0.15) is 0 Å². The number of aromatic nitrogens is 4. The highest BCUT2D eigenvalue weighted by Crippen LogP contribution is 2.12. The predicted octanol–water partition coefficient (Wildman–Crippen LogP) is 1.41. The number of benzene rings is 1. The molecule has 8 nitrogen and oxygen atoms in total. The van der Waals surface area contributed by atoms with Crippen molar-refractivity contribution in [1.82, 2.24) is 30.0 Å². The van der Waals surface area contributed by atoms with Crippen molar-refractivity contribution in [3.8, 4) is 5.69 Å². The average Bonchev–Trinajstić information content (AvgIpc) is 3.15. The highest BCUT2D eigenvalue weighted by Gasteiger charge is 2.20. The number of anilines is 1. The van der Waals surface area contributed by atoms with E-state index < -0.39 is 0 Å². The van der Waals surface area contributed by atoms with E-state index in [1.165, 1.54) is 0 Å². The Bertz CT molecular complexity index is 934. The Balaban J connectivity index is 1.25. The molecule has 0 saturated carbocycles. The summed E-state index contributed by atoms with van der Waals surface area (Å²) in [6.45, 7) is 6.09. The topological polar surface area (TPSA) is 79.2 Å². The number of nitrogens with one attached hydrogen (secondary N) is 1. The van der Waals surface area contributed by atoms with Gasteiger partial charge in [0, 0.05) is 44.3 Å². The van der Waals surface area contributed by atoms with Crippen LogP contribution in [0, 0.1) is 6.92 Å². The number of piperazine rings is 1. The van der Waals surface area contributed by atoms with Gasteiger partial charge in [0.15, 0.2) is 0 Å². The third-order valence-corrected chi connectivity index (χ3v) is 4.98. The Morgan fingerprint density at radius 1 is 1.03 bits per heavy atom. The maximum absolute atomic E-state index is 12.4. The maximum Gasteiger partial charge on any atom is 0.234 e. The van der Waals surface area contributed by atoms with Crippen LogP contribution in [-0.4, -0.2) is 63.3 Å². The second-order valence-corrected chi connectivity index (χ2v) is 7.11. The van der Waals surface area contributed by atoms with Gasteiger partial charge in [0.05, 0.1) is 24.5 Å². The van der Waals surface area contributed by atoms with Crippen molar-refractivity contribution in [3.05, 3.63) is 66.2 Å². The number of nitrogens with zero attached hydrogens (tertiary/aromatic N) is 6. The summed E-state index contributed by atoms with van der Waals surface area (Å²) >= 11 is 0. The number of aryl methyl sites for hydroxylation is 1. The largest absolute Gasteiger partial charge is 0.349 e. The van der Waals surface area contributed by atoms with Crippen LogP contribution in [0.25, 0.3) is 5.69 Å². The van der Waals surface area contributed by atoms with E-state index in [1.807, 2.05) is 54.1 Å². The van der Waals surface area contributed by atoms with Crippen LogP contribution in [0.4, 0.5) is 5.95 Å². The van der Waals surface area contributed by atoms with Crippen molar-refractivity contribution in [2.45, 2.75) is 13.5 Å². The molecule has 1 saturated heterocycles. The molecular formula is C21H25N7O. The molecule has 0 spiro atoms. The molecule has 1 amide bonds. The summed E-state index contributed by atoms with van der Waals surface area (Å²) in [5, 5.41) is 7.60. The normalized spacial score (nSPS) is 14.7. The quantitative estimate of drug-likeness (QED) is 0.685. The van der Waals surface area contributed by atoms with E-state index in [2.05, 4.69) is 30.2 Å². The molecule has 1 aliphatic rings. The second kappa shape index (κ2) is 8.83. The van der Waals surface area contributed by atoms with Crippen LogP contribution in [0.2, 0.25) is 0 Å². The van der Waals surface area contributed by atoms with E-state index in [4.69, 9.17) is 0 Å². The Kier molecular flexibility index (Phi) is 5.81. The molecule has 1 aliphatic heterocycles. The van der Waals surface area contributed by atoms with E-state index >= 15 is 0 Å². The number of para-hydroxylation sites is 1. The van der Waals surface area contributed by atoms with Gasteiger partial charge in [0.25, 0.3) is 0 Å². The molecule has 0 bridgehead atoms. The van der Waals surface area contributed by atoms with Crippen molar-refractivity contribution in [2.24, 2.45) is 0 Å². The van der Waals surface area contributed by atoms with E-state index in [0.29, 0.717) is 13.1 Å². The number of rotatable bonds is 6. The minimum atomic E-state index is 0.0151. The SMILES string of the molecule is Cc1cc(CNC(=O)CN2CCN(c3ncccn3)CC2)nn1-c1ccccc1. The molecular weight excluding hydrogens is 366 g/mol. The van der Waals surface area contributed by atoms with Crippen molar-refractivity contribution in [2.75, 3.05) is 37.6 Å². The lowest BCUT2D eigenvalue weighted by molar-refractivity contribution is -0.122. The third kappa shape index (κ3) is 4.78. The van der Waals surface area contributed by atoms with Crippen molar-refractivity contribution in [1.29, 1.82) is 0 Å². The standard InChI is InChI=1S/C21H25N7O/c1-17-14-18(25-28(17)19-6-3-2-4-7-19)15-24-20(29)16-26-10-12-27(13-11-26)21-22-8-5-9-23-21/h2-9,14H,10-13,15-16H2,1H3,(H,24,29). The van der Waals surface area contributed by atoms with E-state index in [1.54, 1.807) is 12.4 Å². The van der Waals surface area contributed by atoms with Crippen LogP contribution in [-0.2, 0) is 11.3 Å². The van der Waals surface area contributed by atoms with Gasteiger partial charge >= 0.3 is 0 Å². The van der Waals surface area contributed by atoms with E-state index in [-0.39, 0.29) is 5.91 Å². The smallest absolute Gasteiger partial charge is 0.234 e. The van der Waals surface area contributed by atoms with Gasteiger partial charge in [-0.2, -0.15) is 5.10 Å². The highest BCUT2D eigenvalue weighted by atomic mass is 16.2. The van der Waals surface area contributed by atoms with Gasteiger partial charge in [-0.15, -0.1) is 0 Å². The molecule has 0 atom stereocenters. The fraction of sp³-hybridized carbons (Fsp3) is 0.333. The predicted molar refractivity (Wildman–Crippen MR) is 111 cm³/mol. The zero-order valence-electron chi connectivity index (χ0n) is 16.5. The fourth-order valence-electron chi connectivity index (χ4n) is 3.46. The Labute approximate surface area is 170 Å². The first kappa shape index (κ1) is 19.1. The summed E-state index contributed by atoms with van der Waals surface area (Å²) in [4.78, 5) is 25.3. The molecule has 8 heteroatoms. The van der Waals surface area contributed by atoms with Crippen LogP contribution in [0.1, 0.15) is 11.4 Å². The van der Waals surface area contributed by atoms with Crippen molar-refractivity contribution in [3.63, 3.8) is 0 Å². The van der Waals surface area contributed by atoms with Gasteiger partial charge in [-0.05, 0) is 31.2 Å². The molecule has 1 fully saturated rings.